The van der Waals surface area contributed by atoms with Crippen LogP contribution in [0.15, 0.2) is 144 Å². The first-order valence-corrected chi connectivity index (χ1v) is 15.5. The van der Waals surface area contributed by atoms with Crippen LogP contribution >= 0.6 is 11.8 Å². The second-order valence-electron chi connectivity index (χ2n) is 10.4. The molecular formula is C38H33N3O4S. The van der Waals surface area contributed by atoms with Crippen molar-refractivity contribution in [3.8, 4) is 5.75 Å². The van der Waals surface area contributed by atoms with Crippen molar-refractivity contribution in [1.29, 1.82) is 0 Å². The maximum absolute atomic E-state index is 13.7. The predicted molar refractivity (Wildman–Crippen MR) is 185 cm³/mol. The van der Waals surface area contributed by atoms with E-state index in [9.17, 15) is 14.4 Å². The standard InChI is InChI=1S/C38H33N3O4S/c1-26-20-22-30(23-21-26)39-38(44)35(27-12-5-3-6-13-27)46-32-18-11-17-31(25-32)40-37(43)33(24-29-16-9-10-19-34(29)45-2)41-36(42)28-14-7-4-8-15-28/h3-25,35H,1-2H3,(H,39,44)(H,40,43)(H,41,42)/b33-24+. The minimum absolute atomic E-state index is 0.0380. The normalized spacial score (nSPS) is 11.7. The van der Waals surface area contributed by atoms with E-state index in [0.29, 0.717) is 28.3 Å². The van der Waals surface area contributed by atoms with E-state index >= 15 is 0 Å². The highest BCUT2D eigenvalue weighted by atomic mass is 32.2. The molecule has 0 saturated heterocycles. The molecule has 0 radical (unpaired) electrons. The average molecular weight is 628 g/mol. The molecule has 0 heterocycles. The molecule has 1 atom stereocenters. The quantitative estimate of drug-likeness (QED) is 0.102. The van der Waals surface area contributed by atoms with Gasteiger partial charge >= 0.3 is 0 Å². The number of para-hydroxylation sites is 1. The molecule has 1 unspecified atom stereocenters. The predicted octanol–water partition coefficient (Wildman–Crippen LogP) is 7.89. The molecule has 3 amide bonds. The number of nitrogens with one attached hydrogen (secondary N) is 3. The van der Waals surface area contributed by atoms with Crippen molar-refractivity contribution in [1.82, 2.24) is 5.32 Å². The number of carbonyl (C=O) groups is 3. The minimum Gasteiger partial charge on any atom is -0.496 e. The van der Waals surface area contributed by atoms with Crippen LogP contribution in [-0.2, 0) is 9.59 Å². The number of thioether (sulfide) groups is 1. The zero-order valence-corrected chi connectivity index (χ0v) is 26.2. The summed E-state index contributed by atoms with van der Waals surface area (Å²) in [7, 11) is 1.54. The van der Waals surface area contributed by atoms with Crippen LogP contribution in [0.5, 0.6) is 5.75 Å². The van der Waals surface area contributed by atoms with Crippen molar-refractivity contribution in [2.24, 2.45) is 0 Å². The first-order chi connectivity index (χ1) is 22.4. The van der Waals surface area contributed by atoms with Crippen molar-refractivity contribution in [3.63, 3.8) is 0 Å². The van der Waals surface area contributed by atoms with Gasteiger partial charge in [0.1, 0.15) is 16.7 Å². The molecule has 0 spiro atoms. The number of hydrogen-bond acceptors (Lipinski definition) is 5. The highest BCUT2D eigenvalue weighted by Gasteiger charge is 2.23. The molecule has 46 heavy (non-hydrogen) atoms. The third kappa shape index (κ3) is 8.52. The summed E-state index contributed by atoms with van der Waals surface area (Å²) in [5.41, 5.74) is 4.24. The van der Waals surface area contributed by atoms with Crippen LogP contribution in [0.3, 0.4) is 0 Å². The number of aryl methyl sites for hydroxylation is 1. The molecule has 0 aliphatic carbocycles. The maximum atomic E-state index is 13.7. The Balaban J connectivity index is 1.39. The van der Waals surface area contributed by atoms with E-state index in [1.807, 2.05) is 91.9 Å². The summed E-state index contributed by atoms with van der Waals surface area (Å²) in [6, 6.07) is 40.3. The van der Waals surface area contributed by atoms with Crippen molar-refractivity contribution in [2.45, 2.75) is 17.1 Å². The summed E-state index contributed by atoms with van der Waals surface area (Å²) in [5.74, 6) is -0.559. The van der Waals surface area contributed by atoms with E-state index in [2.05, 4.69) is 16.0 Å². The number of hydrogen-bond donors (Lipinski definition) is 3. The molecule has 0 fully saturated rings. The lowest BCUT2D eigenvalue weighted by molar-refractivity contribution is -0.116. The molecule has 3 N–H and O–H groups in total. The first kappa shape index (κ1) is 31.8. The molecule has 5 aromatic carbocycles. The van der Waals surface area contributed by atoms with Gasteiger partial charge in [0.2, 0.25) is 5.91 Å². The van der Waals surface area contributed by atoms with Crippen molar-refractivity contribution in [2.75, 3.05) is 17.7 Å². The Morgan fingerprint density at radius 2 is 1.39 bits per heavy atom. The number of methoxy groups -OCH3 is 1. The van der Waals surface area contributed by atoms with Crippen LogP contribution in [0.25, 0.3) is 6.08 Å². The summed E-state index contributed by atoms with van der Waals surface area (Å²) in [6.45, 7) is 1.99. The number of ether oxygens (including phenoxy) is 1. The Bertz CT molecular complexity index is 1840. The van der Waals surface area contributed by atoms with Crippen LogP contribution in [0.1, 0.15) is 32.3 Å². The monoisotopic (exact) mass is 627 g/mol. The van der Waals surface area contributed by atoms with Gasteiger partial charge in [-0.2, -0.15) is 0 Å². The fourth-order valence-corrected chi connectivity index (χ4v) is 5.69. The summed E-state index contributed by atoms with van der Waals surface area (Å²) < 4.78 is 5.46. The summed E-state index contributed by atoms with van der Waals surface area (Å²) in [6.07, 6.45) is 1.58. The molecule has 0 saturated carbocycles. The van der Waals surface area contributed by atoms with Gasteiger partial charge in [0.25, 0.3) is 11.8 Å². The molecular weight excluding hydrogens is 595 g/mol. The second kappa shape index (κ2) is 15.4. The number of benzene rings is 5. The third-order valence-corrected chi connectivity index (χ3v) is 8.22. The summed E-state index contributed by atoms with van der Waals surface area (Å²) in [5, 5.41) is 8.14. The van der Waals surface area contributed by atoms with Crippen LogP contribution in [0.4, 0.5) is 11.4 Å². The van der Waals surface area contributed by atoms with Gasteiger partial charge in [-0.25, -0.2) is 0 Å². The molecule has 5 rings (SSSR count). The summed E-state index contributed by atoms with van der Waals surface area (Å²) >= 11 is 1.37. The van der Waals surface area contributed by atoms with E-state index in [0.717, 1.165) is 16.0 Å². The Morgan fingerprint density at radius 3 is 2.11 bits per heavy atom. The van der Waals surface area contributed by atoms with Gasteiger partial charge in [0.15, 0.2) is 0 Å². The van der Waals surface area contributed by atoms with Gasteiger partial charge in [0, 0.05) is 27.4 Å². The van der Waals surface area contributed by atoms with Crippen LogP contribution in [0.2, 0.25) is 0 Å². The minimum atomic E-state index is -0.556. The van der Waals surface area contributed by atoms with Crippen molar-refractivity contribution in [3.05, 3.63) is 161 Å². The van der Waals surface area contributed by atoms with E-state index in [1.54, 1.807) is 61.7 Å². The largest absolute Gasteiger partial charge is 0.496 e. The topological polar surface area (TPSA) is 96.5 Å². The van der Waals surface area contributed by atoms with Crippen molar-refractivity contribution >= 4 is 46.9 Å². The Kier molecular flexibility index (Phi) is 10.7. The van der Waals surface area contributed by atoms with E-state index in [1.165, 1.54) is 11.8 Å². The van der Waals surface area contributed by atoms with Crippen molar-refractivity contribution < 1.29 is 19.1 Å². The molecule has 5 aromatic rings. The fraction of sp³-hybridized carbons (Fsp3) is 0.0789. The lowest BCUT2D eigenvalue weighted by Gasteiger charge is -2.18. The van der Waals surface area contributed by atoms with Crippen LogP contribution in [0, 0.1) is 6.92 Å². The molecule has 8 heteroatoms. The molecule has 7 nitrogen and oxygen atoms in total. The summed E-state index contributed by atoms with van der Waals surface area (Å²) in [4.78, 5) is 41.1. The number of amides is 3. The number of rotatable bonds is 11. The van der Waals surface area contributed by atoms with E-state index in [-0.39, 0.29) is 11.6 Å². The highest BCUT2D eigenvalue weighted by Crippen LogP contribution is 2.37. The Hall–Kier alpha value is -5.60. The van der Waals surface area contributed by atoms with Gasteiger partial charge in [-0.15, -0.1) is 11.8 Å². The fourth-order valence-electron chi connectivity index (χ4n) is 4.61. The first-order valence-electron chi connectivity index (χ1n) is 14.6. The van der Waals surface area contributed by atoms with Gasteiger partial charge < -0.3 is 20.7 Å². The smallest absolute Gasteiger partial charge is 0.272 e. The molecule has 0 aliphatic heterocycles. The molecule has 230 valence electrons. The van der Waals surface area contributed by atoms with E-state index in [4.69, 9.17) is 4.74 Å². The zero-order valence-electron chi connectivity index (χ0n) is 25.4. The lowest BCUT2D eigenvalue weighted by Crippen LogP contribution is -2.30. The SMILES string of the molecule is COc1ccccc1/C=C(/NC(=O)c1ccccc1)C(=O)Nc1cccc(SC(C(=O)Nc2ccc(C)cc2)c2ccccc2)c1. The van der Waals surface area contributed by atoms with Gasteiger partial charge in [-0.3, -0.25) is 14.4 Å². The van der Waals surface area contributed by atoms with Crippen LogP contribution in [-0.4, -0.2) is 24.8 Å². The van der Waals surface area contributed by atoms with Gasteiger partial charge in [-0.1, -0.05) is 90.5 Å². The highest BCUT2D eigenvalue weighted by molar-refractivity contribution is 8.00. The molecule has 0 aromatic heterocycles. The third-order valence-electron chi connectivity index (χ3n) is 6.97. The Morgan fingerprint density at radius 1 is 0.717 bits per heavy atom. The van der Waals surface area contributed by atoms with Gasteiger partial charge in [-0.05, 0) is 67.1 Å². The maximum Gasteiger partial charge on any atom is 0.272 e. The molecule has 0 aliphatic rings. The average Bonchev–Trinajstić information content (AvgIpc) is 3.09. The number of carbonyl (C=O) groups excluding carboxylic acids is 3. The second-order valence-corrected chi connectivity index (χ2v) is 11.5. The lowest BCUT2D eigenvalue weighted by atomic mass is 10.1. The zero-order chi connectivity index (χ0) is 32.3. The van der Waals surface area contributed by atoms with Crippen LogP contribution < -0.4 is 20.7 Å². The number of anilines is 2. The molecule has 0 bridgehead atoms. The van der Waals surface area contributed by atoms with Gasteiger partial charge in [0.05, 0.1) is 7.11 Å². The van der Waals surface area contributed by atoms with E-state index < -0.39 is 17.1 Å². The Labute approximate surface area is 272 Å².